The molecule has 0 aromatic carbocycles. The van der Waals surface area contributed by atoms with Crippen molar-refractivity contribution < 1.29 is 4.79 Å². The fraction of sp³-hybridized carbons (Fsp3) is 0.286. The Morgan fingerprint density at radius 3 is 2.79 bits per heavy atom. The van der Waals surface area contributed by atoms with E-state index in [0.29, 0.717) is 11.4 Å². The Kier molecular flexibility index (Phi) is 4.16. The molecule has 1 amide bonds. The summed E-state index contributed by atoms with van der Waals surface area (Å²) in [4.78, 5) is 18.5. The minimum absolute atomic E-state index is 0.0740. The van der Waals surface area contributed by atoms with Crippen molar-refractivity contribution in [2.75, 3.05) is 5.73 Å². The first-order valence-electron chi connectivity index (χ1n) is 6.12. The number of aromatic nitrogens is 1. The van der Waals surface area contributed by atoms with Gasteiger partial charge in [0, 0.05) is 22.2 Å². The number of carbonyl (C=O) groups excluding carboxylic acids is 1. The number of anilines is 1. The Hall–Kier alpha value is -1.88. The summed E-state index contributed by atoms with van der Waals surface area (Å²) in [5.74, 6) is -0.166. The second kappa shape index (κ2) is 5.84. The minimum Gasteiger partial charge on any atom is -0.397 e. The Balaban J connectivity index is 1.93. The van der Waals surface area contributed by atoms with Crippen LogP contribution in [0.4, 0.5) is 5.69 Å². The molecule has 0 saturated heterocycles. The van der Waals surface area contributed by atoms with Gasteiger partial charge in [-0.25, -0.2) is 4.98 Å². The highest BCUT2D eigenvalue weighted by Gasteiger charge is 2.12. The van der Waals surface area contributed by atoms with E-state index >= 15 is 0 Å². The molecular weight excluding hydrogens is 258 g/mol. The Morgan fingerprint density at radius 2 is 2.21 bits per heavy atom. The second-order valence-corrected chi connectivity index (χ2v) is 5.94. The van der Waals surface area contributed by atoms with Crippen LogP contribution >= 0.6 is 11.3 Å². The molecule has 0 radical (unpaired) electrons. The van der Waals surface area contributed by atoms with E-state index in [-0.39, 0.29) is 11.9 Å². The van der Waals surface area contributed by atoms with E-state index < -0.39 is 0 Å². The average Bonchev–Trinajstić information content (AvgIpc) is 2.75. The number of hydrogen-bond donors (Lipinski definition) is 2. The van der Waals surface area contributed by atoms with Crippen molar-refractivity contribution in [1.29, 1.82) is 0 Å². The van der Waals surface area contributed by atoms with Gasteiger partial charge < -0.3 is 11.1 Å². The van der Waals surface area contributed by atoms with Gasteiger partial charge in [0.15, 0.2) is 0 Å². The molecule has 2 heterocycles. The SMILES string of the molecule is Cc1ccc(CC(C)NC(=O)c2ccc(N)cn2)s1. The molecule has 19 heavy (non-hydrogen) atoms. The van der Waals surface area contributed by atoms with Crippen LogP contribution in [0.25, 0.3) is 0 Å². The maximum Gasteiger partial charge on any atom is 0.270 e. The van der Waals surface area contributed by atoms with Gasteiger partial charge in [0.05, 0.1) is 11.9 Å². The number of pyridine rings is 1. The number of nitrogens with two attached hydrogens (primary N) is 1. The van der Waals surface area contributed by atoms with Gasteiger partial charge in [-0.05, 0) is 38.1 Å². The average molecular weight is 275 g/mol. The maximum absolute atomic E-state index is 12.0. The highest BCUT2D eigenvalue weighted by molar-refractivity contribution is 7.11. The number of amides is 1. The van der Waals surface area contributed by atoms with Crippen molar-refractivity contribution in [2.45, 2.75) is 26.3 Å². The Morgan fingerprint density at radius 1 is 1.42 bits per heavy atom. The van der Waals surface area contributed by atoms with E-state index in [0.717, 1.165) is 6.42 Å². The fourth-order valence-corrected chi connectivity index (χ4v) is 2.80. The van der Waals surface area contributed by atoms with Gasteiger partial charge in [-0.15, -0.1) is 11.3 Å². The lowest BCUT2D eigenvalue weighted by atomic mass is 10.2. The van der Waals surface area contributed by atoms with Crippen LogP contribution in [0.5, 0.6) is 0 Å². The number of carbonyl (C=O) groups is 1. The van der Waals surface area contributed by atoms with Gasteiger partial charge >= 0.3 is 0 Å². The third-order valence-corrected chi connectivity index (χ3v) is 3.72. The predicted molar refractivity (Wildman–Crippen MR) is 78.3 cm³/mol. The van der Waals surface area contributed by atoms with Crippen LogP contribution in [-0.4, -0.2) is 16.9 Å². The van der Waals surface area contributed by atoms with Gasteiger partial charge in [-0.3, -0.25) is 4.79 Å². The first-order valence-corrected chi connectivity index (χ1v) is 6.94. The van der Waals surface area contributed by atoms with Crippen molar-refractivity contribution in [1.82, 2.24) is 10.3 Å². The van der Waals surface area contributed by atoms with Crippen LogP contribution in [0.15, 0.2) is 30.5 Å². The van der Waals surface area contributed by atoms with Crippen LogP contribution in [-0.2, 0) is 6.42 Å². The van der Waals surface area contributed by atoms with Crippen LogP contribution in [0.1, 0.15) is 27.2 Å². The quantitative estimate of drug-likeness (QED) is 0.900. The van der Waals surface area contributed by atoms with Gasteiger partial charge in [0.2, 0.25) is 0 Å². The molecule has 2 aromatic heterocycles. The Labute approximate surface area is 116 Å². The van der Waals surface area contributed by atoms with Gasteiger partial charge in [0.1, 0.15) is 5.69 Å². The van der Waals surface area contributed by atoms with E-state index in [2.05, 4.69) is 29.4 Å². The summed E-state index contributed by atoms with van der Waals surface area (Å²) < 4.78 is 0. The zero-order valence-corrected chi connectivity index (χ0v) is 11.8. The smallest absolute Gasteiger partial charge is 0.270 e. The number of nitrogen functional groups attached to an aromatic ring is 1. The molecular formula is C14H17N3OS. The van der Waals surface area contributed by atoms with Crippen molar-refractivity contribution in [3.63, 3.8) is 0 Å². The molecule has 0 bridgehead atoms. The molecule has 0 aliphatic rings. The first-order chi connectivity index (χ1) is 9.04. The molecule has 0 fully saturated rings. The van der Waals surface area contributed by atoms with E-state index in [1.54, 1.807) is 23.5 Å². The van der Waals surface area contributed by atoms with E-state index in [1.807, 2.05) is 6.92 Å². The first kappa shape index (κ1) is 13.5. The molecule has 5 heteroatoms. The molecule has 0 spiro atoms. The Bertz CT molecular complexity index is 562. The second-order valence-electron chi connectivity index (χ2n) is 4.57. The molecule has 0 aliphatic heterocycles. The summed E-state index contributed by atoms with van der Waals surface area (Å²) in [6.45, 7) is 4.07. The highest BCUT2D eigenvalue weighted by Crippen LogP contribution is 2.16. The molecule has 2 aromatic rings. The summed E-state index contributed by atoms with van der Waals surface area (Å²) in [5, 5.41) is 2.94. The summed E-state index contributed by atoms with van der Waals surface area (Å²) in [6.07, 6.45) is 2.32. The lowest BCUT2D eigenvalue weighted by Gasteiger charge is -2.12. The maximum atomic E-state index is 12.0. The molecule has 0 saturated carbocycles. The molecule has 1 atom stereocenters. The lowest BCUT2D eigenvalue weighted by molar-refractivity contribution is 0.0935. The van der Waals surface area contributed by atoms with Crippen LogP contribution in [0.2, 0.25) is 0 Å². The molecule has 0 aliphatic carbocycles. The van der Waals surface area contributed by atoms with E-state index in [9.17, 15) is 4.79 Å². The van der Waals surface area contributed by atoms with Crippen LogP contribution in [0.3, 0.4) is 0 Å². The largest absolute Gasteiger partial charge is 0.397 e. The third kappa shape index (κ3) is 3.79. The minimum atomic E-state index is -0.166. The standard InChI is InChI=1S/C14H17N3OS/c1-9(7-12-5-3-10(2)19-12)17-14(18)13-6-4-11(15)8-16-13/h3-6,8-9H,7,15H2,1-2H3,(H,17,18). The molecule has 100 valence electrons. The molecule has 3 N–H and O–H groups in total. The number of rotatable bonds is 4. The van der Waals surface area contributed by atoms with E-state index in [4.69, 9.17) is 5.73 Å². The summed E-state index contributed by atoms with van der Waals surface area (Å²) in [6, 6.07) is 7.58. The van der Waals surface area contributed by atoms with Gasteiger partial charge in [-0.2, -0.15) is 0 Å². The zero-order chi connectivity index (χ0) is 13.8. The number of nitrogens with zero attached hydrogens (tertiary/aromatic N) is 1. The molecule has 1 unspecified atom stereocenters. The van der Waals surface area contributed by atoms with Crippen LogP contribution in [0, 0.1) is 6.92 Å². The van der Waals surface area contributed by atoms with Crippen molar-refractivity contribution in [2.24, 2.45) is 0 Å². The number of thiophene rings is 1. The van der Waals surface area contributed by atoms with Crippen LogP contribution < -0.4 is 11.1 Å². The van der Waals surface area contributed by atoms with Crippen molar-refractivity contribution >= 4 is 22.9 Å². The zero-order valence-electron chi connectivity index (χ0n) is 11.0. The van der Waals surface area contributed by atoms with E-state index in [1.165, 1.54) is 16.0 Å². The summed E-state index contributed by atoms with van der Waals surface area (Å²) in [7, 11) is 0. The normalized spacial score (nSPS) is 12.1. The lowest BCUT2D eigenvalue weighted by Crippen LogP contribution is -2.34. The van der Waals surface area contributed by atoms with Crippen molar-refractivity contribution in [3.8, 4) is 0 Å². The molecule has 4 nitrogen and oxygen atoms in total. The van der Waals surface area contributed by atoms with Gasteiger partial charge in [-0.1, -0.05) is 0 Å². The monoisotopic (exact) mass is 275 g/mol. The number of hydrogen-bond acceptors (Lipinski definition) is 4. The van der Waals surface area contributed by atoms with Crippen molar-refractivity contribution in [3.05, 3.63) is 45.9 Å². The third-order valence-electron chi connectivity index (χ3n) is 2.70. The topological polar surface area (TPSA) is 68.0 Å². The molecule has 2 rings (SSSR count). The summed E-state index contributed by atoms with van der Waals surface area (Å²) >= 11 is 1.76. The number of nitrogens with one attached hydrogen (secondary N) is 1. The summed E-state index contributed by atoms with van der Waals surface area (Å²) in [5.41, 5.74) is 6.49. The highest BCUT2D eigenvalue weighted by atomic mass is 32.1. The number of aryl methyl sites for hydroxylation is 1. The predicted octanol–water partition coefficient (Wildman–Crippen LogP) is 2.39. The fourth-order valence-electron chi connectivity index (χ4n) is 1.78. The van der Waals surface area contributed by atoms with Gasteiger partial charge in [0.25, 0.3) is 5.91 Å².